The standard InChI is InChI=1S/C19H30N2O3/c1-5-21(6-2)19(22)16-10-8-12-20(14-16)13-15-9-7-11-17(23-3)18(15)24-4/h7,9,11,16H,5-6,8,10,12-14H2,1-4H3. The molecule has 1 atom stereocenters. The van der Waals surface area contributed by atoms with Gasteiger partial charge in [-0.15, -0.1) is 0 Å². The highest BCUT2D eigenvalue weighted by molar-refractivity contribution is 5.79. The molecule has 5 heteroatoms. The minimum atomic E-state index is 0.107. The molecule has 0 bridgehead atoms. The average Bonchev–Trinajstić information content (AvgIpc) is 2.62. The molecule has 1 aliphatic rings. The summed E-state index contributed by atoms with van der Waals surface area (Å²) in [6.45, 7) is 8.28. The summed E-state index contributed by atoms with van der Waals surface area (Å²) in [5.74, 6) is 1.94. The van der Waals surface area contributed by atoms with E-state index in [2.05, 4.69) is 11.0 Å². The zero-order valence-corrected chi connectivity index (χ0v) is 15.4. The van der Waals surface area contributed by atoms with Crippen molar-refractivity contribution in [2.75, 3.05) is 40.4 Å². The molecule has 0 N–H and O–H groups in total. The number of para-hydroxylation sites is 1. The lowest BCUT2D eigenvalue weighted by atomic mass is 9.96. The maximum absolute atomic E-state index is 12.6. The maximum atomic E-state index is 12.6. The molecule has 0 saturated carbocycles. The number of rotatable bonds is 7. The number of ether oxygens (including phenoxy) is 2. The molecule has 0 spiro atoms. The molecular weight excluding hydrogens is 304 g/mol. The van der Waals surface area contributed by atoms with E-state index in [1.807, 2.05) is 30.9 Å². The molecule has 24 heavy (non-hydrogen) atoms. The van der Waals surface area contributed by atoms with Crippen LogP contribution in [0.15, 0.2) is 18.2 Å². The summed E-state index contributed by atoms with van der Waals surface area (Å²) in [6.07, 6.45) is 2.05. The lowest BCUT2D eigenvalue weighted by molar-refractivity contribution is -0.137. The molecule has 1 saturated heterocycles. The first kappa shape index (κ1) is 18.6. The molecule has 1 fully saturated rings. The van der Waals surface area contributed by atoms with Crippen molar-refractivity contribution >= 4 is 5.91 Å². The fourth-order valence-electron chi connectivity index (χ4n) is 3.51. The first-order chi connectivity index (χ1) is 11.6. The Morgan fingerprint density at radius 1 is 1.25 bits per heavy atom. The molecular formula is C19H30N2O3. The van der Waals surface area contributed by atoms with Gasteiger partial charge in [-0.05, 0) is 39.3 Å². The number of likely N-dealkylation sites (tertiary alicyclic amines) is 1. The molecule has 1 unspecified atom stereocenters. The highest BCUT2D eigenvalue weighted by Gasteiger charge is 2.28. The van der Waals surface area contributed by atoms with Crippen molar-refractivity contribution in [3.63, 3.8) is 0 Å². The summed E-state index contributed by atoms with van der Waals surface area (Å²) >= 11 is 0. The molecule has 2 rings (SSSR count). The summed E-state index contributed by atoms with van der Waals surface area (Å²) in [7, 11) is 3.32. The zero-order valence-electron chi connectivity index (χ0n) is 15.4. The normalized spacial score (nSPS) is 18.2. The Labute approximate surface area is 145 Å². The van der Waals surface area contributed by atoms with Crippen LogP contribution in [0.1, 0.15) is 32.3 Å². The van der Waals surface area contributed by atoms with Gasteiger partial charge in [-0.1, -0.05) is 12.1 Å². The number of hydrogen-bond donors (Lipinski definition) is 0. The van der Waals surface area contributed by atoms with Crippen molar-refractivity contribution in [1.82, 2.24) is 9.80 Å². The summed E-state index contributed by atoms with van der Waals surface area (Å²) in [6, 6.07) is 5.96. The van der Waals surface area contributed by atoms with E-state index < -0.39 is 0 Å². The molecule has 0 aromatic heterocycles. The summed E-state index contributed by atoms with van der Waals surface area (Å²) in [4.78, 5) is 16.9. The van der Waals surface area contributed by atoms with Gasteiger partial charge in [-0.3, -0.25) is 9.69 Å². The van der Waals surface area contributed by atoms with Crippen LogP contribution in [0.25, 0.3) is 0 Å². The fourth-order valence-corrected chi connectivity index (χ4v) is 3.51. The highest BCUT2D eigenvalue weighted by atomic mass is 16.5. The Kier molecular flexibility index (Phi) is 6.91. The van der Waals surface area contributed by atoms with Crippen LogP contribution in [0.5, 0.6) is 11.5 Å². The van der Waals surface area contributed by atoms with Crippen LogP contribution in [0.3, 0.4) is 0 Å². The number of carbonyl (C=O) groups is 1. The van der Waals surface area contributed by atoms with Crippen LogP contribution in [0.4, 0.5) is 0 Å². The van der Waals surface area contributed by atoms with Crippen LogP contribution in [0.2, 0.25) is 0 Å². The second kappa shape index (κ2) is 8.92. The van der Waals surface area contributed by atoms with Crippen LogP contribution in [-0.2, 0) is 11.3 Å². The predicted octanol–water partition coefficient (Wildman–Crippen LogP) is 2.78. The van der Waals surface area contributed by atoms with E-state index in [9.17, 15) is 4.79 Å². The second-order valence-corrected chi connectivity index (χ2v) is 6.24. The molecule has 0 radical (unpaired) electrons. The van der Waals surface area contributed by atoms with Gasteiger partial charge in [0.15, 0.2) is 11.5 Å². The number of nitrogens with zero attached hydrogens (tertiary/aromatic N) is 2. The monoisotopic (exact) mass is 334 g/mol. The number of amides is 1. The third-order valence-corrected chi connectivity index (χ3v) is 4.81. The third kappa shape index (κ3) is 4.20. The van der Waals surface area contributed by atoms with Crippen LogP contribution in [-0.4, -0.2) is 56.1 Å². The molecule has 5 nitrogen and oxygen atoms in total. The largest absolute Gasteiger partial charge is 0.493 e. The van der Waals surface area contributed by atoms with Crippen molar-refractivity contribution < 1.29 is 14.3 Å². The van der Waals surface area contributed by atoms with Gasteiger partial charge in [0, 0.05) is 31.7 Å². The van der Waals surface area contributed by atoms with Gasteiger partial charge in [-0.2, -0.15) is 0 Å². The zero-order chi connectivity index (χ0) is 17.5. The lowest BCUT2D eigenvalue weighted by Gasteiger charge is -2.34. The quantitative estimate of drug-likeness (QED) is 0.769. The summed E-state index contributed by atoms with van der Waals surface area (Å²) < 4.78 is 10.9. The van der Waals surface area contributed by atoms with Crippen molar-refractivity contribution in [3.05, 3.63) is 23.8 Å². The van der Waals surface area contributed by atoms with E-state index in [1.54, 1.807) is 14.2 Å². The number of hydrogen-bond acceptors (Lipinski definition) is 4. The Balaban J connectivity index is 2.07. The smallest absolute Gasteiger partial charge is 0.226 e. The third-order valence-electron chi connectivity index (χ3n) is 4.81. The summed E-state index contributed by atoms with van der Waals surface area (Å²) in [5, 5.41) is 0. The molecule has 134 valence electrons. The van der Waals surface area contributed by atoms with Gasteiger partial charge in [0.05, 0.1) is 20.1 Å². The topological polar surface area (TPSA) is 42.0 Å². The first-order valence-electron chi connectivity index (χ1n) is 8.85. The van der Waals surface area contributed by atoms with Crippen molar-refractivity contribution in [2.45, 2.75) is 33.2 Å². The van der Waals surface area contributed by atoms with Gasteiger partial charge < -0.3 is 14.4 Å². The van der Waals surface area contributed by atoms with Gasteiger partial charge in [0.1, 0.15) is 0 Å². The number of piperidine rings is 1. The average molecular weight is 334 g/mol. The van der Waals surface area contributed by atoms with E-state index in [-0.39, 0.29) is 5.92 Å². The molecule has 0 aliphatic carbocycles. The van der Waals surface area contributed by atoms with Crippen molar-refractivity contribution in [1.29, 1.82) is 0 Å². The molecule has 1 aromatic carbocycles. The Bertz CT molecular complexity index is 543. The number of benzene rings is 1. The number of methoxy groups -OCH3 is 2. The van der Waals surface area contributed by atoms with E-state index in [4.69, 9.17) is 9.47 Å². The fraction of sp³-hybridized carbons (Fsp3) is 0.632. The minimum absolute atomic E-state index is 0.107. The molecule has 1 aliphatic heterocycles. The van der Waals surface area contributed by atoms with Gasteiger partial charge in [0.25, 0.3) is 0 Å². The Morgan fingerprint density at radius 2 is 2.00 bits per heavy atom. The highest BCUT2D eigenvalue weighted by Crippen LogP contribution is 2.32. The SMILES string of the molecule is CCN(CC)C(=O)C1CCCN(Cc2cccc(OC)c2OC)C1. The predicted molar refractivity (Wildman–Crippen MR) is 95.5 cm³/mol. The maximum Gasteiger partial charge on any atom is 0.226 e. The van der Waals surface area contributed by atoms with E-state index >= 15 is 0 Å². The second-order valence-electron chi connectivity index (χ2n) is 6.24. The van der Waals surface area contributed by atoms with Gasteiger partial charge in [-0.25, -0.2) is 0 Å². The molecule has 1 aromatic rings. The molecule has 1 amide bonds. The van der Waals surface area contributed by atoms with E-state index in [1.165, 1.54) is 0 Å². The Morgan fingerprint density at radius 3 is 2.62 bits per heavy atom. The molecule has 1 heterocycles. The van der Waals surface area contributed by atoms with E-state index in [0.717, 1.165) is 62.6 Å². The van der Waals surface area contributed by atoms with Crippen molar-refractivity contribution in [2.24, 2.45) is 5.92 Å². The van der Waals surface area contributed by atoms with Crippen LogP contribution >= 0.6 is 0 Å². The van der Waals surface area contributed by atoms with Gasteiger partial charge in [0.2, 0.25) is 5.91 Å². The van der Waals surface area contributed by atoms with Crippen LogP contribution < -0.4 is 9.47 Å². The lowest BCUT2D eigenvalue weighted by Crippen LogP contribution is -2.44. The van der Waals surface area contributed by atoms with Crippen LogP contribution in [0, 0.1) is 5.92 Å². The van der Waals surface area contributed by atoms with Crippen molar-refractivity contribution in [3.8, 4) is 11.5 Å². The first-order valence-corrected chi connectivity index (χ1v) is 8.85. The van der Waals surface area contributed by atoms with E-state index in [0.29, 0.717) is 5.91 Å². The summed E-state index contributed by atoms with van der Waals surface area (Å²) in [5.41, 5.74) is 1.10. The number of carbonyl (C=O) groups excluding carboxylic acids is 1. The Hall–Kier alpha value is -1.75. The van der Waals surface area contributed by atoms with Gasteiger partial charge >= 0.3 is 0 Å². The minimum Gasteiger partial charge on any atom is -0.493 e.